The molecule has 0 aromatic rings. The fourth-order valence-electron chi connectivity index (χ4n) is 9.58. The normalized spacial score (nSPS) is 47.3. The van der Waals surface area contributed by atoms with E-state index in [1.165, 1.54) is 0 Å². The Morgan fingerprint density at radius 2 is 1.89 bits per heavy atom. The first-order chi connectivity index (χ1) is 25.2. The van der Waals surface area contributed by atoms with E-state index >= 15 is 0 Å². The minimum absolute atomic E-state index is 0.000594. The van der Waals surface area contributed by atoms with Crippen LogP contribution in [0.4, 0.5) is 0 Å². The third-order valence-electron chi connectivity index (χ3n) is 12.5. The number of hydrogen-bond donors (Lipinski definition) is 3. The second kappa shape index (κ2) is 16.4. The average Bonchev–Trinajstić information content (AvgIpc) is 3.45. The van der Waals surface area contributed by atoms with E-state index < -0.39 is 41.8 Å². The van der Waals surface area contributed by atoms with Crippen molar-refractivity contribution in [1.29, 1.82) is 0 Å². The molecule has 6 aliphatic rings. The lowest BCUT2D eigenvalue weighted by molar-refractivity contribution is -0.340. The number of likely N-dealkylation sites (N-methyl/N-ethyl adjacent to an activating group) is 1. The van der Waals surface area contributed by atoms with Gasteiger partial charge in [0.2, 0.25) is 0 Å². The van der Waals surface area contributed by atoms with Gasteiger partial charge in [0.25, 0.3) is 0 Å². The molecule has 3 N–H and O–H groups in total. The highest BCUT2D eigenvalue weighted by Gasteiger charge is 2.60. The minimum Gasteiger partial charge on any atom is -0.462 e. The van der Waals surface area contributed by atoms with Crippen molar-refractivity contribution in [3.05, 3.63) is 47.1 Å². The smallest absolute Gasteiger partial charge is 0.316 e. The van der Waals surface area contributed by atoms with Gasteiger partial charge in [0.15, 0.2) is 12.1 Å². The third-order valence-corrected chi connectivity index (χ3v) is 12.5. The fourth-order valence-corrected chi connectivity index (χ4v) is 9.58. The molecule has 53 heavy (non-hydrogen) atoms. The van der Waals surface area contributed by atoms with Crippen LogP contribution in [-0.4, -0.2) is 109 Å². The molecular weight excluding hydrogens is 680 g/mol. The van der Waals surface area contributed by atoms with Gasteiger partial charge >= 0.3 is 5.97 Å². The predicted molar refractivity (Wildman–Crippen MR) is 198 cm³/mol. The number of nitrogens with one attached hydrogen (secondary N) is 1. The Labute approximate surface area is 314 Å². The molecule has 5 aliphatic heterocycles. The van der Waals surface area contributed by atoms with Gasteiger partial charge in [-0.25, -0.2) is 0 Å². The lowest BCUT2D eigenvalue weighted by atomic mass is 9.71. The van der Waals surface area contributed by atoms with Crippen LogP contribution in [-0.2, 0) is 38.0 Å². The number of rotatable bonds is 5. The fraction of sp³-hybridized carbons (Fsp3) is 0.756. The zero-order chi connectivity index (χ0) is 38.2. The maximum atomic E-state index is 14.3. The molecule has 0 aromatic heterocycles. The summed E-state index contributed by atoms with van der Waals surface area (Å²) in [5.41, 5.74) is 0.433. The Hall–Kier alpha value is -2.42. The highest BCUT2D eigenvalue weighted by atomic mass is 16.7. The maximum Gasteiger partial charge on any atom is 0.316 e. The summed E-state index contributed by atoms with van der Waals surface area (Å²) in [4.78, 5) is 14.3. The number of aliphatic hydroxyl groups is 1. The molecule has 8 unspecified atom stereocenters. The monoisotopic (exact) mass is 742 g/mol. The Balaban J connectivity index is 1.38. The molecule has 0 radical (unpaired) electrons. The summed E-state index contributed by atoms with van der Waals surface area (Å²) in [6.45, 7) is 14.5. The number of ether oxygens (including phenoxy) is 7. The first-order valence-electron chi connectivity index (χ1n) is 19.6. The Morgan fingerprint density at radius 3 is 2.58 bits per heavy atom. The topological polar surface area (TPSA) is 147 Å². The number of hydrogen-bond acceptors (Lipinski definition) is 12. The van der Waals surface area contributed by atoms with Crippen LogP contribution >= 0.6 is 0 Å². The molecule has 2 bridgehead atoms. The van der Waals surface area contributed by atoms with Crippen LogP contribution in [0.2, 0.25) is 0 Å². The summed E-state index contributed by atoms with van der Waals surface area (Å²) in [7, 11) is 3.63. The predicted octanol–water partition coefficient (Wildman–Crippen LogP) is 5.37. The van der Waals surface area contributed by atoms with Gasteiger partial charge in [0.05, 0.1) is 43.2 Å². The molecule has 1 aliphatic carbocycles. The summed E-state index contributed by atoms with van der Waals surface area (Å²) >= 11 is 0. The highest BCUT2D eigenvalue weighted by Crippen LogP contribution is 2.47. The molecule has 4 fully saturated rings. The molecule has 14 atom stereocenters. The van der Waals surface area contributed by atoms with Gasteiger partial charge in [-0.3, -0.25) is 4.79 Å². The van der Waals surface area contributed by atoms with Gasteiger partial charge in [-0.15, -0.1) is 0 Å². The van der Waals surface area contributed by atoms with Crippen LogP contribution in [0.5, 0.6) is 0 Å². The number of carbonyl (C=O) groups is 1. The number of methoxy groups -OCH3 is 1. The van der Waals surface area contributed by atoms with Crippen LogP contribution in [0.25, 0.3) is 0 Å². The summed E-state index contributed by atoms with van der Waals surface area (Å²) < 4.78 is 45.3. The van der Waals surface area contributed by atoms with Crippen molar-refractivity contribution in [2.75, 3.05) is 20.8 Å². The van der Waals surface area contributed by atoms with Crippen LogP contribution in [0.1, 0.15) is 87.0 Å². The average molecular weight is 743 g/mol. The standard InChI is InChI=1S/C41H62N2O10/c1-22(2)36-25(5)15-16-40(53-36)20-30-18-29(52-40)14-13-24(4)37(51-33-19-32(47-9)35(42-8)27(7)49-33)23(3)11-10-12-28-21-48-38-34(43-46)26(6)17-31(39(44)50-30)41(28,38)45/h10-13,17,22-23,25,27,29-33,35-38,42,45-46H,14-16,18-21H2,1-9H3/b11-10+,24-13+,28-12+,43-34+/t23?,25-,27-,29?,30?,31?,32-,33?,35+,36?,37+,38?,40?,41-/m1/s1. The van der Waals surface area contributed by atoms with Crippen LogP contribution in [0, 0.1) is 23.7 Å². The van der Waals surface area contributed by atoms with Gasteiger partial charge in [0, 0.05) is 38.7 Å². The van der Waals surface area contributed by atoms with Crippen molar-refractivity contribution in [1.82, 2.24) is 5.32 Å². The van der Waals surface area contributed by atoms with E-state index in [4.69, 9.17) is 33.2 Å². The largest absolute Gasteiger partial charge is 0.462 e. The summed E-state index contributed by atoms with van der Waals surface area (Å²) in [6, 6.07) is 0.0393. The van der Waals surface area contributed by atoms with Crippen LogP contribution in [0.3, 0.4) is 0 Å². The zero-order valence-corrected chi connectivity index (χ0v) is 32.9. The Kier molecular flexibility index (Phi) is 12.4. The number of nitrogens with zero attached hydrogens (tertiary/aromatic N) is 1. The molecule has 1 spiro atoms. The van der Waals surface area contributed by atoms with Crippen molar-refractivity contribution in [3.63, 3.8) is 0 Å². The number of oxime groups is 1. The third kappa shape index (κ3) is 7.98. The number of allylic oxidation sites excluding steroid dienone is 2. The van der Waals surface area contributed by atoms with Gasteiger partial charge in [0.1, 0.15) is 29.4 Å². The number of esters is 1. The number of carbonyl (C=O) groups excluding carboxylic acids is 1. The number of fused-ring (bicyclic) bond motifs is 2. The van der Waals surface area contributed by atoms with Crippen molar-refractivity contribution in [2.24, 2.45) is 28.8 Å². The lowest BCUT2D eigenvalue weighted by Crippen LogP contribution is -2.57. The maximum absolute atomic E-state index is 14.3. The molecule has 12 nitrogen and oxygen atoms in total. The molecule has 4 saturated heterocycles. The van der Waals surface area contributed by atoms with Crippen molar-refractivity contribution in [2.45, 2.75) is 153 Å². The SMILES string of the molecule is CN[C@H]1[C@@H](C)OC(O[C@@H]2/C(C)=C/CC3CC(CC4(CC[C@@H](C)C(C(C)C)O4)O3)OC(=O)C3C=C(C)/C(=N\O)C4OC/C(=C\C=C\C2C)[C@@]34O)C[C@H]1OC. The van der Waals surface area contributed by atoms with Gasteiger partial charge in [-0.1, -0.05) is 63.2 Å². The van der Waals surface area contributed by atoms with E-state index in [0.29, 0.717) is 49.2 Å². The van der Waals surface area contributed by atoms with Crippen molar-refractivity contribution in [3.8, 4) is 0 Å². The molecule has 0 amide bonds. The van der Waals surface area contributed by atoms with Gasteiger partial charge < -0.3 is 48.8 Å². The Morgan fingerprint density at radius 1 is 1.11 bits per heavy atom. The summed E-state index contributed by atoms with van der Waals surface area (Å²) in [5, 5.41) is 29.3. The lowest BCUT2D eigenvalue weighted by Gasteiger charge is -2.50. The first kappa shape index (κ1) is 40.2. The van der Waals surface area contributed by atoms with E-state index in [1.54, 1.807) is 26.2 Å². The van der Waals surface area contributed by atoms with E-state index in [-0.39, 0.29) is 60.7 Å². The molecule has 6 rings (SSSR count). The van der Waals surface area contributed by atoms with E-state index in [2.05, 4.69) is 51.2 Å². The van der Waals surface area contributed by atoms with Crippen molar-refractivity contribution < 1.29 is 48.3 Å². The quantitative estimate of drug-likeness (QED) is 0.145. The van der Waals surface area contributed by atoms with Crippen molar-refractivity contribution >= 4 is 11.7 Å². The molecule has 296 valence electrons. The second-order valence-corrected chi connectivity index (χ2v) is 16.6. The molecule has 0 saturated carbocycles. The molecule has 5 heterocycles. The molecule has 0 aromatic carbocycles. The summed E-state index contributed by atoms with van der Waals surface area (Å²) in [5.74, 6) is -2.01. The van der Waals surface area contributed by atoms with Gasteiger partial charge in [-0.05, 0) is 69.2 Å². The van der Waals surface area contributed by atoms with E-state index in [1.807, 2.05) is 26.1 Å². The highest BCUT2D eigenvalue weighted by molar-refractivity contribution is 6.06. The second-order valence-electron chi connectivity index (χ2n) is 16.6. The Bertz CT molecular complexity index is 1490. The molecule has 12 heteroatoms. The van der Waals surface area contributed by atoms with Gasteiger partial charge in [-0.2, -0.15) is 0 Å². The minimum atomic E-state index is -1.82. The van der Waals surface area contributed by atoms with E-state index in [0.717, 1.165) is 12.0 Å². The van der Waals surface area contributed by atoms with E-state index in [9.17, 15) is 15.1 Å². The van der Waals surface area contributed by atoms with Crippen LogP contribution < -0.4 is 5.32 Å². The zero-order valence-electron chi connectivity index (χ0n) is 32.9. The van der Waals surface area contributed by atoms with Crippen LogP contribution in [0.15, 0.2) is 52.3 Å². The first-order valence-corrected chi connectivity index (χ1v) is 19.6. The molecular formula is C41H62N2O10. The summed E-state index contributed by atoms with van der Waals surface area (Å²) in [6.07, 6.45) is 10.2.